The lowest BCUT2D eigenvalue weighted by molar-refractivity contribution is -0.0999. The number of anilines is 1. The maximum atomic E-state index is 12.3. The second kappa shape index (κ2) is 6.99. The lowest BCUT2D eigenvalue weighted by atomic mass is 10.2. The van der Waals surface area contributed by atoms with Gasteiger partial charge in [-0.05, 0) is 36.4 Å². The molecular formula is C18H15F3N2O3. The zero-order chi connectivity index (χ0) is 18.7. The molecule has 1 heterocycles. The van der Waals surface area contributed by atoms with E-state index in [1.165, 1.54) is 43.8 Å². The van der Waals surface area contributed by atoms with Crippen molar-refractivity contribution >= 4 is 16.6 Å². The number of hydrogen-bond acceptors (Lipinski definition) is 5. The van der Waals surface area contributed by atoms with Crippen molar-refractivity contribution in [2.24, 2.45) is 0 Å². The fourth-order valence-electron chi connectivity index (χ4n) is 2.43. The van der Waals surface area contributed by atoms with Crippen molar-refractivity contribution in [1.29, 1.82) is 0 Å². The molecular weight excluding hydrogens is 349 g/mol. The maximum absolute atomic E-state index is 12.3. The number of hydrogen-bond donors (Lipinski definition) is 1. The van der Waals surface area contributed by atoms with Crippen molar-refractivity contribution in [3.63, 3.8) is 0 Å². The van der Waals surface area contributed by atoms with Crippen molar-refractivity contribution in [1.82, 2.24) is 4.98 Å². The number of halogens is 3. The van der Waals surface area contributed by atoms with Crippen molar-refractivity contribution in [3.05, 3.63) is 48.7 Å². The number of aromatic nitrogens is 1. The van der Waals surface area contributed by atoms with E-state index in [2.05, 4.69) is 4.98 Å². The quantitative estimate of drug-likeness (QED) is 0.648. The highest BCUT2D eigenvalue weighted by molar-refractivity contribution is 5.88. The van der Waals surface area contributed by atoms with E-state index in [9.17, 15) is 13.2 Å². The fraction of sp³-hybridized carbons (Fsp3) is 0.167. The summed E-state index contributed by atoms with van der Waals surface area (Å²) in [7, 11) is 3.05. The summed E-state index contributed by atoms with van der Waals surface area (Å²) in [5.74, 6) is 1.93. The highest BCUT2D eigenvalue weighted by atomic mass is 19.4. The Hall–Kier alpha value is -3.16. The van der Waals surface area contributed by atoms with Crippen molar-refractivity contribution in [2.45, 2.75) is 6.30 Å². The largest absolute Gasteiger partial charge is 0.493 e. The molecule has 0 aliphatic rings. The Kier molecular flexibility index (Phi) is 4.75. The summed E-state index contributed by atoms with van der Waals surface area (Å²) in [6.07, 6.45) is -2.91. The average molecular weight is 364 g/mol. The standard InChI is InChI=1S/C18H15F3N2O3/c1-24-16-9-13-14(10-17(16)25-2)22-8-7-15(13)26-12-5-3-11(4-6-12)23-18(19,20)21/h3-10,23H,1-2H3. The van der Waals surface area contributed by atoms with Crippen LogP contribution in [0.25, 0.3) is 10.9 Å². The van der Waals surface area contributed by atoms with Crippen LogP contribution in [0.15, 0.2) is 48.7 Å². The molecule has 1 aromatic heterocycles. The van der Waals surface area contributed by atoms with Crippen molar-refractivity contribution in [3.8, 4) is 23.0 Å². The molecule has 0 radical (unpaired) electrons. The van der Waals surface area contributed by atoms with Gasteiger partial charge in [-0.2, -0.15) is 13.2 Å². The van der Waals surface area contributed by atoms with E-state index < -0.39 is 6.30 Å². The van der Waals surface area contributed by atoms with E-state index in [-0.39, 0.29) is 5.69 Å². The van der Waals surface area contributed by atoms with Gasteiger partial charge in [0.2, 0.25) is 0 Å². The number of alkyl halides is 3. The van der Waals surface area contributed by atoms with Gasteiger partial charge in [0.25, 0.3) is 0 Å². The van der Waals surface area contributed by atoms with Crippen LogP contribution in [-0.4, -0.2) is 25.5 Å². The molecule has 26 heavy (non-hydrogen) atoms. The SMILES string of the molecule is COc1cc2nccc(Oc3ccc(NC(F)(F)F)cc3)c2cc1OC. The number of methoxy groups -OCH3 is 2. The Morgan fingerprint density at radius 1 is 0.885 bits per heavy atom. The average Bonchev–Trinajstić information content (AvgIpc) is 2.61. The van der Waals surface area contributed by atoms with Crippen LogP contribution in [0.3, 0.4) is 0 Å². The number of nitrogens with one attached hydrogen (secondary N) is 1. The topological polar surface area (TPSA) is 52.6 Å². The second-order valence-corrected chi connectivity index (χ2v) is 5.28. The molecule has 3 rings (SSSR count). The molecule has 0 saturated carbocycles. The predicted octanol–water partition coefficient (Wildman–Crippen LogP) is 4.98. The van der Waals surface area contributed by atoms with Crippen LogP contribution in [-0.2, 0) is 0 Å². The van der Waals surface area contributed by atoms with Gasteiger partial charge in [-0.25, -0.2) is 0 Å². The number of fused-ring (bicyclic) bond motifs is 1. The first-order valence-corrected chi connectivity index (χ1v) is 7.53. The normalized spacial score (nSPS) is 11.3. The maximum Gasteiger partial charge on any atom is 0.482 e. The summed E-state index contributed by atoms with van der Waals surface area (Å²) in [4.78, 5) is 4.27. The summed E-state index contributed by atoms with van der Waals surface area (Å²) in [6, 6.07) is 10.6. The van der Waals surface area contributed by atoms with Gasteiger partial charge in [0.05, 0.1) is 19.7 Å². The summed E-state index contributed by atoms with van der Waals surface area (Å²) >= 11 is 0. The third-order valence-corrected chi connectivity index (χ3v) is 3.58. The Labute approximate surface area is 147 Å². The van der Waals surface area contributed by atoms with E-state index in [0.717, 1.165) is 0 Å². The first-order valence-electron chi connectivity index (χ1n) is 7.53. The Balaban J connectivity index is 1.91. The third-order valence-electron chi connectivity index (χ3n) is 3.58. The minimum atomic E-state index is -4.49. The molecule has 0 atom stereocenters. The zero-order valence-electron chi connectivity index (χ0n) is 13.9. The van der Waals surface area contributed by atoms with E-state index in [0.29, 0.717) is 33.9 Å². The van der Waals surface area contributed by atoms with E-state index in [1.807, 2.05) is 0 Å². The lowest BCUT2D eigenvalue weighted by Gasteiger charge is -2.13. The smallest absolute Gasteiger partial charge is 0.482 e. The molecule has 8 heteroatoms. The lowest BCUT2D eigenvalue weighted by Crippen LogP contribution is -2.20. The molecule has 0 unspecified atom stereocenters. The number of pyridine rings is 1. The molecule has 1 N–H and O–H groups in total. The molecule has 136 valence electrons. The van der Waals surface area contributed by atoms with E-state index >= 15 is 0 Å². The number of benzene rings is 2. The van der Waals surface area contributed by atoms with Crippen LogP contribution in [0.4, 0.5) is 18.9 Å². The third kappa shape index (κ3) is 3.90. The number of ether oxygens (including phenoxy) is 3. The van der Waals surface area contributed by atoms with Gasteiger partial charge in [-0.15, -0.1) is 0 Å². The Bertz CT molecular complexity index is 912. The number of nitrogens with zero attached hydrogens (tertiary/aromatic N) is 1. The van der Waals surface area contributed by atoms with E-state index in [4.69, 9.17) is 14.2 Å². The highest BCUT2D eigenvalue weighted by Gasteiger charge is 2.26. The van der Waals surface area contributed by atoms with Crippen LogP contribution in [0.1, 0.15) is 0 Å². The van der Waals surface area contributed by atoms with E-state index in [1.54, 1.807) is 24.4 Å². The molecule has 0 aliphatic heterocycles. The van der Waals surface area contributed by atoms with Gasteiger partial charge in [-0.1, -0.05) is 0 Å². The minimum Gasteiger partial charge on any atom is -0.493 e. The molecule has 0 spiro atoms. The summed E-state index contributed by atoms with van der Waals surface area (Å²) in [5.41, 5.74) is 0.561. The zero-order valence-corrected chi connectivity index (χ0v) is 13.9. The van der Waals surface area contributed by atoms with Crippen LogP contribution in [0.5, 0.6) is 23.0 Å². The van der Waals surface area contributed by atoms with Crippen LogP contribution in [0.2, 0.25) is 0 Å². The van der Waals surface area contributed by atoms with Gasteiger partial charge in [0.15, 0.2) is 11.5 Å². The fourth-order valence-corrected chi connectivity index (χ4v) is 2.43. The summed E-state index contributed by atoms with van der Waals surface area (Å²) < 4.78 is 53.3. The molecule has 0 fully saturated rings. The second-order valence-electron chi connectivity index (χ2n) is 5.28. The van der Waals surface area contributed by atoms with Crippen LogP contribution >= 0.6 is 0 Å². The monoisotopic (exact) mass is 364 g/mol. The molecule has 0 amide bonds. The van der Waals surface area contributed by atoms with Gasteiger partial charge < -0.3 is 14.2 Å². The van der Waals surface area contributed by atoms with Crippen molar-refractivity contribution in [2.75, 3.05) is 19.5 Å². The molecule has 0 bridgehead atoms. The van der Waals surface area contributed by atoms with Crippen molar-refractivity contribution < 1.29 is 27.4 Å². The molecule has 5 nitrogen and oxygen atoms in total. The van der Waals surface area contributed by atoms with Crippen LogP contribution < -0.4 is 19.5 Å². The first-order chi connectivity index (χ1) is 12.4. The summed E-state index contributed by atoms with van der Waals surface area (Å²) in [5, 5.41) is 2.12. The van der Waals surface area contributed by atoms with Gasteiger partial charge in [0.1, 0.15) is 11.5 Å². The Morgan fingerprint density at radius 3 is 2.15 bits per heavy atom. The molecule has 3 aromatic rings. The van der Waals surface area contributed by atoms with Gasteiger partial charge in [0, 0.05) is 23.3 Å². The van der Waals surface area contributed by atoms with Gasteiger partial charge >= 0.3 is 6.30 Å². The van der Waals surface area contributed by atoms with Crippen LogP contribution in [0, 0.1) is 0 Å². The minimum absolute atomic E-state index is 0.0733. The molecule has 0 saturated heterocycles. The Morgan fingerprint density at radius 2 is 1.54 bits per heavy atom. The molecule has 0 aliphatic carbocycles. The predicted molar refractivity (Wildman–Crippen MR) is 91.0 cm³/mol. The summed E-state index contributed by atoms with van der Waals surface area (Å²) in [6.45, 7) is 0. The van der Waals surface area contributed by atoms with Gasteiger partial charge in [-0.3, -0.25) is 10.3 Å². The highest BCUT2D eigenvalue weighted by Crippen LogP contribution is 2.37. The first kappa shape index (κ1) is 17.7. The number of rotatable bonds is 5. The molecule has 2 aromatic carbocycles.